The summed E-state index contributed by atoms with van der Waals surface area (Å²) < 4.78 is 10.0. The van der Waals surface area contributed by atoms with Crippen LogP contribution in [0.2, 0.25) is 5.02 Å². The van der Waals surface area contributed by atoms with Gasteiger partial charge in [-0.1, -0.05) is 11.6 Å². The second kappa shape index (κ2) is 8.36. The summed E-state index contributed by atoms with van der Waals surface area (Å²) in [5.74, 6) is 0.961. The van der Waals surface area contributed by atoms with Gasteiger partial charge in [0, 0.05) is 12.5 Å². The Morgan fingerprint density at radius 1 is 1.33 bits per heavy atom. The molecule has 0 aliphatic carbocycles. The Bertz CT molecular complexity index is 796. The van der Waals surface area contributed by atoms with E-state index < -0.39 is 6.10 Å². The van der Waals surface area contributed by atoms with Crippen LogP contribution in [0.3, 0.4) is 0 Å². The Hall–Kier alpha value is -1.32. The first-order chi connectivity index (χ1) is 13.1. The largest absolute Gasteiger partial charge is 0.389 e. The van der Waals surface area contributed by atoms with E-state index in [4.69, 9.17) is 20.7 Å². The molecule has 27 heavy (non-hydrogen) atoms. The number of nitrogens with one attached hydrogen (secondary N) is 2. The first-order valence-electron chi connectivity index (χ1n) is 9.35. The first kappa shape index (κ1) is 19.0. The number of nitrogens with zero attached hydrogens (tertiary/aromatic N) is 3. The third-order valence-corrected chi connectivity index (χ3v) is 6.53. The molecule has 0 radical (unpaired) electrons. The number of aliphatic hydroxyl groups excluding tert-OH is 1. The van der Waals surface area contributed by atoms with E-state index in [1.54, 1.807) is 6.20 Å². The second-order valence-corrected chi connectivity index (χ2v) is 8.30. The molecule has 2 aliphatic heterocycles. The summed E-state index contributed by atoms with van der Waals surface area (Å²) in [6.45, 7) is 5.11. The summed E-state index contributed by atoms with van der Waals surface area (Å²) in [5.41, 5.74) is 3.02. The molecular weight excluding hydrogens is 386 g/mol. The van der Waals surface area contributed by atoms with E-state index in [-0.39, 0.29) is 6.04 Å². The van der Waals surface area contributed by atoms with E-state index in [0.717, 1.165) is 36.4 Å². The maximum absolute atomic E-state index is 10.1. The van der Waals surface area contributed by atoms with Crippen LogP contribution in [-0.4, -0.2) is 57.9 Å². The standard InChI is InChI=1S/C18H24ClN5O2S/c1-10-15(11-2-5-20-6-3-11)24-27-17(10)16-12(19)8-21-18(23-16)22-13-4-7-26-9-14(13)25/h8,11,13-14,20,25H,2-7,9H2,1H3,(H,21,22,23)/t13-,14-/m1/s1. The molecule has 2 aromatic rings. The molecule has 2 atom stereocenters. The lowest BCUT2D eigenvalue weighted by Gasteiger charge is -2.28. The Balaban J connectivity index is 1.59. The number of aromatic nitrogens is 3. The van der Waals surface area contributed by atoms with Gasteiger partial charge in [-0.05, 0) is 56.4 Å². The zero-order valence-electron chi connectivity index (χ0n) is 15.2. The zero-order chi connectivity index (χ0) is 18.8. The molecule has 3 N–H and O–H groups in total. The van der Waals surface area contributed by atoms with Crippen molar-refractivity contribution in [2.75, 3.05) is 31.6 Å². The van der Waals surface area contributed by atoms with Crippen molar-refractivity contribution in [3.63, 3.8) is 0 Å². The minimum Gasteiger partial charge on any atom is -0.389 e. The molecule has 2 aromatic heterocycles. The van der Waals surface area contributed by atoms with Gasteiger partial charge in [-0.15, -0.1) is 0 Å². The highest BCUT2D eigenvalue weighted by molar-refractivity contribution is 7.09. The summed E-state index contributed by atoms with van der Waals surface area (Å²) in [6.07, 6.45) is 3.97. The van der Waals surface area contributed by atoms with Crippen LogP contribution in [0, 0.1) is 6.92 Å². The van der Waals surface area contributed by atoms with Gasteiger partial charge >= 0.3 is 0 Å². The van der Waals surface area contributed by atoms with Crippen molar-refractivity contribution in [1.29, 1.82) is 0 Å². The minimum atomic E-state index is -0.571. The lowest BCUT2D eigenvalue weighted by molar-refractivity contribution is -0.0136. The van der Waals surface area contributed by atoms with Crippen molar-refractivity contribution < 1.29 is 9.84 Å². The lowest BCUT2D eigenvalue weighted by Crippen LogP contribution is -2.42. The van der Waals surface area contributed by atoms with E-state index in [0.29, 0.717) is 42.2 Å². The highest BCUT2D eigenvalue weighted by Crippen LogP contribution is 2.38. The Morgan fingerprint density at radius 2 is 2.15 bits per heavy atom. The molecule has 0 aromatic carbocycles. The summed E-state index contributed by atoms with van der Waals surface area (Å²) in [7, 11) is 0. The fourth-order valence-electron chi connectivity index (χ4n) is 3.70. The highest BCUT2D eigenvalue weighted by atomic mass is 35.5. The van der Waals surface area contributed by atoms with Crippen molar-refractivity contribution in [3.8, 4) is 10.6 Å². The molecule has 7 nitrogen and oxygen atoms in total. The van der Waals surface area contributed by atoms with Crippen molar-refractivity contribution in [1.82, 2.24) is 19.7 Å². The van der Waals surface area contributed by atoms with Gasteiger partial charge in [-0.2, -0.15) is 4.37 Å². The first-order valence-corrected chi connectivity index (χ1v) is 10.5. The maximum Gasteiger partial charge on any atom is 0.223 e. The van der Waals surface area contributed by atoms with Crippen LogP contribution in [0.15, 0.2) is 6.20 Å². The quantitative estimate of drug-likeness (QED) is 0.714. The Morgan fingerprint density at radius 3 is 2.93 bits per heavy atom. The summed E-state index contributed by atoms with van der Waals surface area (Å²) in [4.78, 5) is 9.92. The molecule has 4 heterocycles. The third kappa shape index (κ3) is 4.09. The molecule has 0 bridgehead atoms. The van der Waals surface area contributed by atoms with E-state index in [9.17, 15) is 5.11 Å². The smallest absolute Gasteiger partial charge is 0.223 e. The number of hydrogen-bond acceptors (Lipinski definition) is 8. The van der Waals surface area contributed by atoms with Gasteiger partial charge in [0.25, 0.3) is 0 Å². The number of piperidine rings is 1. The van der Waals surface area contributed by atoms with Crippen LogP contribution in [0.5, 0.6) is 0 Å². The zero-order valence-corrected chi connectivity index (χ0v) is 16.8. The van der Waals surface area contributed by atoms with Crippen molar-refractivity contribution in [3.05, 3.63) is 22.5 Å². The second-order valence-electron chi connectivity index (χ2n) is 7.12. The molecule has 2 saturated heterocycles. The normalized spacial score (nSPS) is 24.1. The number of halogens is 1. The Kier molecular flexibility index (Phi) is 5.89. The molecule has 0 amide bonds. The van der Waals surface area contributed by atoms with E-state index in [2.05, 4.69) is 27.5 Å². The molecule has 0 unspecified atom stereocenters. The topological polar surface area (TPSA) is 92.2 Å². The van der Waals surface area contributed by atoms with E-state index in [1.807, 2.05) is 0 Å². The monoisotopic (exact) mass is 409 g/mol. The van der Waals surface area contributed by atoms with Crippen LogP contribution >= 0.6 is 23.1 Å². The SMILES string of the molecule is Cc1c(C2CCNCC2)nsc1-c1nc(N[C@@H]2CCOC[C@H]2O)ncc1Cl. The maximum atomic E-state index is 10.1. The highest BCUT2D eigenvalue weighted by Gasteiger charge is 2.26. The Labute approximate surface area is 167 Å². The van der Waals surface area contributed by atoms with Gasteiger partial charge in [0.05, 0.1) is 40.5 Å². The van der Waals surface area contributed by atoms with Crippen LogP contribution in [0.25, 0.3) is 10.6 Å². The molecule has 0 spiro atoms. The predicted octanol–water partition coefficient (Wildman–Crippen LogP) is 2.59. The predicted molar refractivity (Wildman–Crippen MR) is 107 cm³/mol. The van der Waals surface area contributed by atoms with Gasteiger partial charge in [-0.25, -0.2) is 9.97 Å². The fourth-order valence-corrected chi connectivity index (χ4v) is 4.90. The number of ether oxygens (including phenoxy) is 1. The third-order valence-electron chi connectivity index (χ3n) is 5.29. The summed E-state index contributed by atoms with van der Waals surface area (Å²) >= 11 is 7.87. The van der Waals surface area contributed by atoms with Crippen LogP contribution < -0.4 is 10.6 Å². The summed E-state index contributed by atoms with van der Waals surface area (Å²) in [6, 6.07) is -0.124. The molecule has 2 fully saturated rings. The molecule has 4 rings (SSSR count). The van der Waals surface area contributed by atoms with Gasteiger partial charge in [0.1, 0.15) is 5.69 Å². The minimum absolute atomic E-state index is 0.124. The number of rotatable bonds is 4. The van der Waals surface area contributed by atoms with E-state index in [1.165, 1.54) is 17.2 Å². The average Bonchev–Trinajstić information content (AvgIpc) is 3.07. The summed E-state index contributed by atoms with van der Waals surface area (Å²) in [5, 5.41) is 17.2. The van der Waals surface area contributed by atoms with Gasteiger partial charge < -0.3 is 20.5 Å². The van der Waals surface area contributed by atoms with E-state index >= 15 is 0 Å². The van der Waals surface area contributed by atoms with Gasteiger partial charge in [-0.3, -0.25) is 0 Å². The average molecular weight is 410 g/mol. The van der Waals surface area contributed by atoms with Crippen molar-refractivity contribution in [2.24, 2.45) is 0 Å². The number of aliphatic hydroxyl groups is 1. The van der Waals surface area contributed by atoms with Crippen LogP contribution in [0.1, 0.15) is 36.4 Å². The lowest BCUT2D eigenvalue weighted by atomic mass is 9.92. The van der Waals surface area contributed by atoms with Gasteiger partial charge in [0.15, 0.2) is 0 Å². The molecule has 146 valence electrons. The molecule has 0 saturated carbocycles. The fraction of sp³-hybridized carbons (Fsp3) is 0.611. The van der Waals surface area contributed by atoms with Gasteiger partial charge in [0.2, 0.25) is 5.95 Å². The molecular formula is C18H24ClN5O2S. The van der Waals surface area contributed by atoms with Crippen LogP contribution in [-0.2, 0) is 4.74 Å². The number of anilines is 1. The van der Waals surface area contributed by atoms with Crippen molar-refractivity contribution in [2.45, 2.75) is 44.2 Å². The number of hydrogen-bond donors (Lipinski definition) is 3. The molecule has 9 heteroatoms. The van der Waals surface area contributed by atoms with Crippen molar-refractivity contribution >= 4 is 29.1 Å². The van der Waals surface area contributed by atoms with Crippen LogP contribution in [0.4, 0.5) is 5.95 Å². The molecule has 2 aliphatic rings.